The van der Waals surface area contributed by atoms with Gasteiger partial charge in [-0.05, 0) is 18.2 Å². The molecule has 0 bridgehead atoms. The van der Waals surface area contributed by atoms with Crippen molar-refractivity contribution < 1.29 is 29.7 Å². The molecular formula is C9H8BaO6. The molecule has 1 rings (SSSR count). The van der Waals surface area contributed by atoms with Gasteiger partial charge in [-0.15, -0.1) is 0 Å². The average molecular weight is 349 g/mol. The van der Waals surface area contributed by atoms with E-state index in [1.165, 1.54) is 0 Å². The summed E-state index contributed by atoms with van der Waals surface area (Å²) in [5.74, 6) is -4.20. The van der Waals surface area contributed by atoms with Gasteiger partial charge >= 0.3 is 66.8 Å². The normalized spacial score (nSPS) is 9.00. The SMILES string of the molecule is O=C(O)c1ccc(C(=O)O)c(C(=O)O)c1.[BaH2]. The Hall–Kier alpha value is -0.799. The van der Waals surface area contributed by atoms with Crippen LogP contribution in [0.4, 0.5) is 0 Å². The fraction of sp³-hybridized carbons (Fsp3) is 0. The quantitative estimate of drug-likeness (QED) is 0.655. The number of benzene rings is 1. The van der Waals surface area contributed by atoms with Crippen molar-refractivity contribution in [2.24, 2.45) is 0 Å². The summed E-state index contributed by atoms with van der Waals surface area (Å²) in [5.41, 5.74) is -1.24. The first-order valence-corrected chi connectivity index (χ1v) is 3.77. The first-order chi connectivity index (χ1) is 6.93. The van der Waals surface area contributed by atoms with E-state index in [1.807, 2.05) is 0 Å². The Morgan fingerprint density at radius 1 is 0.812 bits per heavy atom. The zero-order valence-corrected chi connectivity index (χ0v) is 7.30. The predicted molar refractivity (Wildman–Crippen MR) is 55.9 cm³/mol. The molecule has 16 heavy (non-hydrogen) atoms. The molecule has 0 saturated carbocycles. The summed E-state index contributed by atoms with van der Waals surface area (Å²) >= 11 is 0. The molecule has 0 radical (unpaired) electrons. The Labute approximate surface area is 130 Å². The van der Waals surface area contributed by atoms with Crippen LogP contribution in [0.5, 0.6) is 0 Å². The van der Waals surface area contributed by atoms with Gasteiger partial charge in [-0.25, -0.2) is 14.4 Å². The standard InChI is InChI=1S/C9H6O6.Ba.2H/c10-7(11)4-1-2-5(8(12)13)6(3-4)9(14)15;;;/h1-3H,(H,10,11)(H,12,13)(H,14,15);;;. The number of aromatic carboxylic acids is 3. The van der Waals surface area contributed by atoms with Crippen LogP contribution in [0.3, 0.4) is 0 Å². The minimum absolute atomic E-state index is 0. The fourth-order valence-electron chi connectivity index (χ4n) is 1.04. The predicted octanol–water partition coefficient (Wildman–Crippen LogP) is -0.135. The Kier molecular flexibility index (Phi) is 5.76. The third kappa shape index (κ3) is 3.36. The van der Waals surface area contributed by atoms with Crippen molar-refractivity contribution >= 4 is 66.8 Å². The van der Waals surface area contributed by atoms with Crippen LogP contribution in [-0.4, -0.2) is 82.1 Å². The van der Waals surface area contributed by atoms with Crippen LogP contribution in [0.25, 0.3) is 0 Å². The van der Waals surface area contributed by atoms with E-state index in [2.05, 4.69) is 0 Å². The molecule has 0 atom stereocenters. The van der Waals surface area contributed by atoms with Gasteiger partial charge in [0.2, 0.25) is 0 Å². The molecule has 0 heterocycles. The van der Waals surface area contributed by atoms with Crippen LogP contribution in [0.1, 0.15) is 31.1 Å². The van der Waals surface area contributed by atoms with Crippen molar-refractivity contribution in [1.82, 2.24) is 0 Å². The third-order valence-corrected chi connectivity index (χ3v) is 1.73. The first kappa shape index (κ1) is 15.2. The van der Waals surface area contributed by atoms with E-state index in [0.717, 1.165) is 18.2 Å². The van der Waals surface area contributed by atoms with Gasteiger partial charge in [-0.3, -0.25) is 0 Å². The van der Waals surface area contributed by atoms with Gasteiger partial charge in [-0.2, -0.15) is 0 Å². The van der Waals surface area contributed by atoms with Crippen molar-refractivity contribution in [2.75, 3.05) is 0 Å². The molecule has 0 aromatic heterocycles. The molecule has 3 N–H and O–H groups in total. The van der Waals surface area contributed by atoms with Gasteiger partial charge in [0.15, 0.2) is 0 Å². The second kappa shape index (κ2) is 6.06. The average Bonchev–Trinajstić information content (AvgIpc) is 2.16. The molecule has 0 aliphatic rings. The van der Waals surface area contributed by atoms with Gasteiger partial charge < -0.3 is 15.3 Å². The first-order valence-electron chi connectivity index (χ1n) is 3.77. The molecule has 0 aliphatic carbocycles. The topological polar surface area (TPSA) is 112 Å². The van der Waals surface area contributed by atoms with Crippen LogP contribution < -0.4 is 0 Å². The van der Waals surface area contributed by atoms with Crippen LogP contribution in [0.15, 0.2) is 18.2 Å². The molecular weight excluding hydrogens is 341 g/mol. The summed E-state index contributed by atoms with van der Waals surface area (Å²) < 4.78 is 0. The number of carboxylic acid groups (broad SMARTS) is 3. The molecule has 1 aromatic rings. The molecule has 0 unspecified atom stereocenters. The Balaban J connectivity index is 0.00000225. The summed E-state index contributed by atoms with van der Waals surface area (Å²) in [6.45, 7) is 0. The van der Waals surface area contributed by atoms with Gasteiger partial charge in [0, 0.05) is 0 Å². The van der Waals surface area contributed by atoms with Crippen LogP contribution in [0, 0.1) is 0 Å². The molecule has 0 amide bonds. The van der Waals surface area contributed by atoms with Crippen LogP contribution >= 0.6 is 0 Å². The Morgan fingerprint density at radius 3 is 1.69 bits per heavy atom. The number of hydrogen-bond donors (Lipinski definition) is 3. The molecule has 0 spiro atoms. The Morgan fingerprint density at radius 2 is 1.31 bits per heavy atom. The van der Waals surface area contributed by atoms with Crippen molar-refractivity contribution in [3.63, 3.8) is 0 Å². The number of carboxylic acids is 3. The molecule has 0 aliphatic heterocycles. The summed E-state index contributed by atoms with van der Waals surface area (Å²) in [5, 5.41) is 25.9. The second-order valence-electron chi connectivity index (χ2n) is 2.68. The maximum absolute atomic E-state index is 10.6. The van der Waals surface area contributed by atoms with Crippen molar-refractivity contribution in [3.05, 3.63) is 34.9 Å². The van der Waals surface area contributed by atoms with E-state index in [-0.39, 0.29) is 54.4 Å². The van der Waals surface area contributed by atoms with Crippen molar-refractivity contribution in [1.29, 1.82) is 0 Å². The fourth-order valence-corrected chi connectivity index (χ4v) is 1.04. The number of hydrogen-bond acceptors (Lipinski definition) is 3. The van der Waals surface area contributed by atoms with Crippen molar-refractivity contribution in [3.8, 4) is 0 Å². The van der Waals surface area contributed by atoms with Crippen LogP contribution in [0.2, 0.25) is 0 Å². The van der Waals surface area contributed by atoms with Crippen molar-refractivity contribution in [2.45, 2.75) is 0 Å². The number of carbonyl (C=O) groups is 3. The zero-order valence-electron chi connectivity index (χ0n) is 7.30. The van der Waals surface area contributed by atoms with E-state index in [9.17, 15) is 14.4 Å². The summed E-state index contributed by atoms with van der Waals surface area (Å²) in [6.07, 6.45) is 0. The van der Waals surface area contributed by atoms with Gasteiger partial charge in [0.1, 0.15) is 0 Å². The monoisotopic (exact) mass is 350 g/mol. The van der Waals surface area contributed by atoms with E-state index >= 15 is 0 Å². The summed E-state index contributed by atoms with van der Waals surface area (Å²) in [7, 11) is 0. The Bertz CT molecular complexity index is 453. The van der Waals surface area contributed by atoms with E-state index in [4.69, 9.17) is 15.3 Å². The molecule has 6 nitrogen and oxygen atoms in total. The van der Waals surface area contributed by atoms with Crippen LogP contribution in [-0.2, 0) is 0 Å². The number of rotatable bonds is 3. The molecule has 82 valence electrons. The summed E-state index contributed by atoms with van der Waals surface area (Å²) in [4.78, 5) is 31.8. The van der Waals surface area contributed by atoms with Gasteiger partial charge in [0.05, 0.1) is 16.7 Å². The van der Waals surface area contributed by atoms with E-state index in [1.54, 1.807) is 0 Å². The zero-order chi connectivity index (χ0) is 11.6. The minimum atomic E-state index is -1.48. The summed E-state index contributed by atoms with van der Waals surface area (Å²) in [6, 6.07) is 2.81. The van der Waals surface area contributed by atoms with Gasteiger partial charge in [-0.1, -0.05) is 0 Å². The van der Waals surface area contributed by atoms with Gasteiger partial charge in [0.25, 0.3) is 0 Å². The van der Waals surface area contributed by atoms with E-state index in [0.29, 0.717) is 0 Å². The maximum atomic E-state index is 10.6. The molecule has 7 heteroatoms. The van der Waals surface area contributed by atoms with E-state index < -0.39 is 29.0 Å². The molecule has 0 fully saturated rings. The molecule has 0 saturated heterocycles. The molecule has 1 aromatic carbocycles. The third-order valence-electron chi connectivity index (χ3n) is 1.73. The second-order valence-corrected chi connectivity index (χ2v) is 2.68.